The standard InChI is InChI=1S/C22H19N5O2/c23-10-15-5-12-6-19(12)27(15)20(28)9-14-8-17(21(25)29)16-7-13(1-2-18(16)26-14)22(11-24)3-4-22/h1-2,7-8,12,15,19H,3-6,9H2,(H2,25,29)/t12-,15+,19+/m1/s1. The van der Waals surface area contributed by atoms with Crippen molar-refractivity contribution < 1.29 is 9.59 Å². The monoisotopic (exact) mass is 385 g/mol. The SMILES string of the molecule is N#C[C@@H]1C[C@@H]2C[C@@H]2N1C(=O)Cc1cc(C(N)=O)c2cc(C3(C#N)CC3)ccc2n1. The Balaban J connectivity index is 1.50. The lowest BCUT2D eigenvalue weighted by Crippen LogP contribution is -2.38. The van der Waals surface area contributed by atoms with Crippen LogP contribution in [0.15, 0.2) is 24.3 Å². The van der Waals surface area contributed by atoms with Crippen molar-refractivity contribution in [3.05, 3.63) is 41.1 Å². The molecular weight excluding hydrogens is 366 g/mol. The lowest BCUT2D eigenvalue weighted by atomic mass is 9.94. The minimum absolute atomic E-state index is 0.0293. The molecule has 2 aliphatic carbocycles. The van der Waals surface area contributed by atoms with Crippen LogP contribution in [0.1, 0.15) is 47.3 Å². The average molecular weight is 385 g/mol. The van der Waals surface area contributed by atoms with Gasteiger partial charge < -0.3 is 10.6 Å². The van der Waals surface area contributed by atoms with E-state index < -0.39 is 11.3 Å². The van der Waals surface area contributed by atoms with Gasteiger partial charge in [0.2, 0.25) is 11.8 Å². The molecule has 3 fully saturated rings. The van der Waals surface area contributed by atoms with Gasteiger partial charge in [0, 0.05) is 11.4 Å². The highest BCUT2D eigenvalue weighted by molar-refractivity contribution is 6.06. The van der Waals surface area contributed by atoms with Gasteiger partial charge in [0.15, 0.2) is 0 Å². The van der Waals surface area contributed by atoms with E-state index in [1.165, 1.54) is 0 Å². The molecule has 3 aliphatic rings. The Morgan fingerprint density at radius 3 is 2.69 bits per heavy atom. The highest BCUT2D eigenvalue weighted by Gasteiger charge is 2.54. The van der Waals surface area contributed by atoms with Crippen LogP contribution in [0.3, 0.4) is 0 Å². The number of nitrogens with two attached hydrogens (primary N) is 1. The first-order valence-corrected chi connectivity index (χ1v) is 9.82. The molecule has 0 unspecified atom stereocenters. The summed E-state index contributed by atoms with van der Waals surface area (Å²) in [7, 11) is 0. The number of benzene rings is 1. The van der Waals surface area contributed by atoms with Crippen molar-refractivity contribution in [2.45, 2.75) is 49.6 Å². The van der Waals surface area contributed by atoms with Crippen LogP contribution in [0.5, 0.6) is 0 Å². The molecule has 2 amide bonds. The first-order valence-electron chi connectivity index (χ1n) is 9.82. The van der Waals surface area contributed by atoms with E-state index in [4.69, 9.17) is 5.73 Å². The number of piperidine rings is 1. The van der Waals surface area contributed by atoms with Crippen molar-refractivity contribution in [1.82, 2.24) is 9.88 Å². The number of amides is 2. The topological polar surface area (TPSA) is 124 Å². The fourth-order valence-corrected chi connectivity index (χ4v) is 4.64. The number of rotatable bonds is 4. The van der Waals surface area contributed by atoms with E-state index >= 15 is 0 Å². The number of pyridine rings is 1. The molecule has 144 valence electrons. The molecule has 29 heavy (non-hydrogen) atoms. The summed E-state index contributed by atoms with van der Waals surface area (Å²) in [5, 5.41) is 19.4. The molecule has 0 spiro atoms. The van der Waals surface area contributed by atoms with E-state index in [2.05, 4.69) is 17.1 Å². The number of nitrogens with zero attached hydrogens (tertiary/aromatic N) is 4. The van der Waals surface area contributed by atoms with Gasteiger partial charge >= 0.3 is 0 Å². The molecule has 7 heteroatoms. The van der Waals surface area contributed by atoms with E-state index in [0.29, 0.717) is 28.1 Å². The van der Waals surface area contributed by atoms with Crippen molar-refractivity contribution >= 4 is 22.7 Å². The van der Waals surface area contributed by atoms with Crippen molar-refractivity contribution in [3.63, 3.8) is 0 Å². The van der Waals surface area contributed by atoms with Crippen LogP contribution in [0.2, 0.25) is 0 Å². The van der Waals surface area contributed by atoms with Gasteiger partial charge in [0.25, 0.3) is 0 Å². The van der Waals surface area contributed by atoms with Gasteiger partial charge in [-0.1, -0.05) is 6.07 Å². The maximum Gasteiger partial charge on any atom is 0.249 e. The fraction of sp³-hybridized carbons (Fsp3) is 0.409. The molecule has 2 N–H and O–H groups in total. The smallest absolute Gasteiger partial charge is 0.249 e. The lowest BCUT2D eigenvalue weighted by molar-refractivity contribution is -0.131. The second-order valence-electron chi connectivity index (χ2n) is 8.37. The second-order valence-corrected chi connectivity index (χ2v) is 8.37. The summed E-state index contributed by atoms with van der Waals surface area (Å²) < 4.78 is 0. The molecule has 1 aromatic carbocycles. The normalized spacial score (nSPS) is 25.7. The number of aromatic nitrogens is 1. The molecule has 7 nitrogen and oxygen atoms in total. The maximum atomic E-state index is 12.9. The van der Waals surface area contributed by atoms with E-state index in [1.54, 1.807) is 17.0 Å². The predicted molar refractivity (Wildman–Crippen MR) is 103 cm³/mol. The Kier molecular flexibility index (Phi) is 3.66. The Hall–Kier alpha value is -3.45. The molecule has 5 rings (SSSR count). The van der Waals surface area contributed by atoms with Gasteiger partial charge in [-0.15, -0.1) is 0 Å². The molecule has 1 aromatic heterocycles. The lowest BCUT2D eigenvalue weighted by Gasteiger charge is -2.22. The number of fused-ring (bicyclic) bond motifs is 2. The van der Waals surface area contributed by atoms with Crippen LogP contribution < -0.4 is 5.73 Å². The Bertz CT molecular complexity index is 1150. The number of nitriles is 2. The molecular formula is C22H19N5O2. The summed E-state index contributed by atoms with van der Waals surface area (Å²) in [5.41, 5.74) is 7.35. The van der Waals surface area contributed by atoms with E-state index in [1.807, 2.05) is 12.1 Å². The zero-order valence-electron chi connectivity index (χ0n) is 15.8. The number of likely N-dealkylation sites (tertiary alicyclic amines) is 1. The van der Waals surface area contributed by atoms with Crippen molar-refractivity contribution in [2.24, 2.45) is 11.7 Å². The Morgan fingerprint density at radius 2 is 2.03 bits per heavy atom. The maximum absolute atomic E-state index is 12.9. The van der Waals surface area contributed by atoms with Crippen LogP contribution >= 0.6 is 0 Å². The van der Waals surface area contributed by atoms with Gasteiger partial charge in [-0.2, -0.15) is 10.5 Å². The number of hydrogen-bond donors (Lipinski definition) is 1. The first-order chi connectivity index (χ1) is 14.0. The highest BCUT2D eigenvalue weighted by atomic mass is 16.2. The van der Waals surface area contributed by atoms with Crippen molar-refractivity contribution in [3.8, 4) is 12.1 Å². The number of primary amides is 1. The summed E-state index contributed by atoms with van der Waals surface area (Å²) in [6, 6.07) is 11.4. The summed E-state index contributed by atoms with van der Waals surface area (Å²) in [6.45, 7) is 0. The second kappa shape index (κ2) is 6.02. The molecule has 0 bridgehead atoms. The fourth-order valence-electron chi connectivity index (χ4n) is 4.64. The third-order valence-electron chi connectivity index (χ3n) is 6.52. The van der Waals surface area contributed by atoms with Gasteiger partial charge in [-0.3, -0.25) is 14.6 Å². The van der Waals surface area contributed by atoms with E-state index in [0.717, 1.165) is 31.2 Å². The first kappa shape index (κ1) is 17.6. The summed E-state index contributed by atoms with van der Waals surface area (Å²) in [5.74, 6) is -0.284. The summed E-state index contributed by atoms with van der Waals surface area (Å²) >= 11 is 0. The minimum Gasteiger partial charge on any atom is -0.366 e. The van der Waals surface area contributed by atoms with E-state index in [-0.39, 0.29) is 24.4 Å². The Morgan fingerprint density at radius 1 is 1.24 bits per heavy atom. The third-order valence-corrected chi connectivity index (χ3v) is 6.52. The van der Waals surface area contributed by atoms with Crippen LogP contribution in [-0.2, 0) is 16.6 Å². The van der Waals surface area contributed by atoms with Crippen LogP contribution in [0.4, 0.5) is 0 Å². The highest BCUT2D eigenvalue weighted by Crippen LogP contribution is 2.49. The van der Waals surface area contributed by atoms with Crippen LogP contribution in [0.25, 0.3) is 10.9 Å². The quantitative estimate of drug-likeness (QED) is 0.861. The van der Waals surface area contributed by atoms with E-state index in [9.17, 15) is 20.1 Å². The zero-order valence-corrected chi connectivity index (χ0v) is 15.8. The van der Waals surface area contributed by atoms with Crippen LogP contribution in [-0.4, -0.2) is 33.8 Å². The molecule has 2 saturated carbocycles. The minimum atomic E-state index is -0.594. The largest absolute Gasteiger partial charge is 0.366 e. The predicted octanol–water partition coefficient (Wildman–Crippen LogP) is 1.94. The molecule has 2 heterocycles. The summed E-state index contributed by atoms with van der Waals surface area (Å²) in [4.78, 5) is 31.2. The van der Waals surface area contributed by atoms with Crippen molar-refractivity contribution in [2.75, 3.05) is 0 Å². The average Bonchev–Trinajstić information content (AvgIpc) is 3.64. The summed E-state index contributed by atoms with van der Waals surface area (Å²) in [6.07, 6.45) is 3.35. The molecule has 2 aromatic rings. The Labute approximate surface area is 167 Å². The van der Waals surface area contributed by atoms with Gasteiger partial charge in [0.05, 0.1) is 40.7 Å². The third kappa shape index (κ3) is 2.74. The molecule has 1 saturated heterocycles. The number of hydrogen-bond acceptors (Lipinski definition) is 5. The van der Waals surface area contributed by atoms with Gasteiger partial charge in [0.1, 0.15) is 6.04 Å². The van der Waals surface area contributed by atoms with Gasteiger partial charge in [-0.25, -0.2) is 0 Å². The number of carbonyl (C=O) groups excluding carboxylic acids is 2. The zero-order chi connectivity index (χ0) is 20.3. The van der Waals surface area contributed by atoms with Gasteiger partial charge in [-0.05, 0) is 55.4 Å². The molecule has 1 aliphatic heterocycles. The number of carbonyl (C=O) groups is 2. The van der Waals surface area contributed by atoms with Crippen molar-refractivity contribution in [1.29, 1.82) is 10.5 Å². The van der Waals surface area contributed by atoms with Crippen LogP contribution in [0, 0.1) is 28.6 Å². The molecule has 3 atom stereocenters. The molecule has 0 radical (unpaired) electrons.